The van der Waals surface area contributed by atoms with Crippen molar-refractivity contribution >= 4 is 5.69 Å². The summed E-state index contributed by atoms with van der Waals surface area (Å²) in [5.41, 5.74) is 9.28. The highest BCUT2D eigenvalue weighted by Crippen LogP contribution is 2.34. The summed E-state index contributed by atoms with van der Waals surface area (Å²) in [7, 11) is 0. The highest BCUT2D eigenvalue weighted by Gasteiger charge is 2.29. The largest absolute Gasteiger partial charge is 0.416 e. The van der Waals surface area contributed by atoms with Crippen molar-refractivity contribution in [3.8, 4) is 11.1 Å². The molecule has 0 heterocycles. The third kappa shape index (κ3) is 2.86. The summed E-state index contributed by atoms with van der Waals surface area (Å²) in [6.45, 7) is 0. The molecule has 0 saturated heterocycles. The zero-order valence-corrected chi connectivity index (χ0v) is 9.59. The van der Waals surface area contributed by atoms with Gasteiger partial charge < -0.3 is 0 Å². The van der Waals surface area contributed by atoms with E-state index in [1.54, 1.807) is 24.3 Å². The molecule has 3 nitrogen and oxygen atoms in total. The summed E-state index contributed by atoms with van der Waals surface area (Å²) in [5.74, 6) is 0. The molecule has 19 heavy (non-hydrogen) atoms. The molecule has 0 spiro atoms. The Hall–Kier alpha value is -2.46. The highest BCUT2D eigenvalue weighted by molar-refractivity contribution is 5.75. The smallest absolute Gasteiger partial charge is 0.166 e. The fourth-order valence-electron chi connectivity index (χ4n) is 1.69. The number of rotatable bonds is 2. The summed E-state index contributed by atoms with van der Waals surface area (Å²) in [5, 5.41) is 3.51. The van der Waals surface area contributed by atoms with Gasteiger partial charge in [0, 0.05) is 10.6 Å². The molecule has 0 aromatic heterocycles. The molecule has 6 heteroatoms. The lowest BCUT2D eigenvalue weighted by atomic mass is 10.0. The molecule has 0 saturated carbocycles. The lowest BCUT2D eigenvalue weighted by Crippen LogP contribution is -2.03. The van der Waals surface area contributed by atoms with Gasteiger partial charge in [0.2, 0.25) is 0 Å². The van der Waals surface area contributed by atoms with Crippen LogP contribution in [0.15, 0.2) is 53.6 Å². The minimum absolute atomic E-state index is 0.379. The van der Waals surface area contributed by atoms with Crippen molar-refractivity contribution in [3.63, 3.8) is 0 Å². The van der Waals surface area contributed by atoms with Gasteiger partial charge in [0.05, 0.1) is 5.56 Å². The molecule has 0 bridgehead atoms. The Labute approximate surface area is 106 Å². The van der Waals surface area contributed by atoms with Crippen LogP contribution in [0.25, 0.3) is 21.6 Å². The van der Waals surface area contributed by atoms with E-state index in [1.807, 2.05) is 0 Å². The molecule has 0 aliphatic rings. The summed E-state index contributed by atoms with van der Waals surface area (Å²) in [6.07, 6.45) is -4.36. The van der Waals surface area contributed by atoms with Gasteiger partial charge in [-0.15, -0.1) is 0 Å². The summed E-state index contributed by atoms with van der Waals surface area (Å²) < 4.78 is 37.4. The first-order valence-corrected chi connectivity index (χ1v) is 5.34. The van der Waals surface area contributed by atoms with Crippen molar-refractivity contribution in [2.75, 3.05) is 0 Å². The van der Waals surface area contributed by atoms with Gasteiger partial charge in [0.15, 0.2) is 0 Å². The van der Waals surface area contributed by atoms with Gasteiger partial charge in [-0.3, -0.25) is 0 Å². The number of benzene rings is 2. The van der Waals surface area contributed by atoms with Crippen LogP contribution < -0.4 is 0 Å². The van der Waals surface area contributed by atoms with E-state index < -0.39 is 11.7 Å². The minimum atomic E-state index is -4.36. The van der Waals surface area contributed by atoms with Gasteiger partial charge in [-0.1, -0.05) is 41.5 Å². The van der Waals surface area contributed by atoms with Gasteiger partial charge in [0.1, 0.15) is 0 Å². The molecule has 0 radical (unpaired) electrons. The topological polar surface area (TPSA) is 48.8 Å². The molecule has 96 valence electrons. The predicted molar refractivity (Wildman–Crippen MR) is 65.7 cm³/mol. The van der Waals surface area contributed by atoms with E-state index in [4.69, 9.17) is 5.53 Å². The number of azide groups is 1. The second kappa shape index (κ2) is 5.04. The molecule has 2 aromatic carbocycles. The highest BCUT2D eigenvalue weighted by atomic mass is 19.4. The molecule has 2 aromatic rings. The van der Waals surface area contributed by atoms with Crippen molar-refractivity contribution in [2.24, 2.45) is 5.11 Å². The zero-order chi connectivity index (χ0) is 13.9. The minimum Gasteiger partial charge on any atom is -0.166 e. The van der Waals surface area contributed by atoms with Crippen LogP contribution >= 0.6 is 0 Å². The van der Waals surface area contributed by atoms with Crippen molar-refractivity contribution in [1.29, 1.82) is 0 Å². The number of nitrogens with zero attached hydrogens (tertiary/aromatic N) is 3. The molecule has 0 unspecified atom stereocenters. The Kier molecular flexibility index (Phi) is 3.44. The second-order valence-corrected chi connectivity index (χ2v) is 3.78. The van der Waals surface area contributed by atoms with Crippen molar-refractivity contribution < 1.29 is 13.2 Å². The van der Waals surface area contributed by atoms with E-state index in [2.05, 4.69) is 10.0 Å². The van der Waals surface area contributed by atoms with Crippen LogP contribution in [0.5, 0.6) is 0 Å². The normalized spacial score (nSPS) is 10.9. The van der Waals surface area contributed by atoms with Crippen LogP contribution in [0.3, 0.4) is 0 Å². The van der Waals surface area contributed by atoms with Crippen LogP contribution in [0.1, 0.15) is 5.56 Å². The molecule has 0 aliphatic carbocycles. The first-order valence-electron chi connectivity index (χ1n) is 5.34. The number of hydrogen-bond donors (Lipinski definition) is 0. The maximum atomic E-state index is 12.5. The molecular formula is C13H8F3N3. The molecule has 0 aliphatic heterocycles. The van der Waals surface area contributed by atoms with Gasteiger partial charge in [-0.25, -0.2) is 0 Å². The first-order chi connectivity index (χ1) is 9.02. The Morgan fingerprint density at radius 3 is 2.16 bits per heavy atom. The maximum Gasteiger partial charge on any atom is 0.416 e. The van der Waals surface area contributed by atoms with E-state index in [1.165, 1.54) is 12.1 Å². The third-order valence-corrected chi connectivity index (χ3v) is 2.58. The zero-order valence-electron chi connectivity index (χ0n) is 9.59. The van der Waals surface area contributed by atoms with Gasteiger partial charge in [-0.2, -0.15) is 13.2 Å². The average molecular weight is 263 g/mol. The fraction of sp³-hybridized carbons (Fsp3) is 0.0769. The fourth-order valence-corrected chi connectivity index (χ4v) is 1.69. The monoisotopic (exact) mass is 263 g/mol. The standard InChI is InChI=1S/C13H8F3N3/c14-13(15,16)10-7-5-9(6-8-10)11-3-1-2-4-12(11)18-19-17/h1-8H. The molecule has 0 amide bonds. The SMILES string of the molecule is [N-]=[N+]=Nc1ccccc1-c1ccc(C(F)(F)F)cc1. The van der Waals surface area contributed by atoms with Crippen molar-refractivity contribution in [1.82, 2.24) is 0 Å². The Morgan fingerprint density at radius 2 is 1.58 bits per heavy atom. The molecule has 0 atom stereocenters. The average Bonchev–Trinajstić information content (AvgIpc) is 2.39. The van der Waals surface area contributed by atoms with Gasteiger partial charge in [-0.05, 0) is 28.8 Å². The summed E-state index contributed by atoms with van der Waals surface area (Å²) >= 11 is 0. The van der Waals surface area contributed by atoms with Crippen molar-refractivity contribution in [2.45, 2.75) is 6.18 Å². The Bertz CT molecular complexity index is 626. The summed E-state index contributed by atoms with van der Waals surface area (Å²) in [6, 6.07) is 11.4. The van der Waals surface area contributed by atoms with Crippen LogP contribution in [-0.2, 0) is 6.18 Å². The first kappa shape index (κ1) is 13.0. The molecular weight excluding hydrogens is 255 g/mol. The van der Waals surface area contributed by atoms with Gasteiger partial charge in [0.25, 0.3) is 0 Å². The quantitative estimate of drug-likeness (QED) is 0.400. The molecule has 2 rings (SSSR count). The van der Waals surface area contributed by atoms with Crippen LogP contribution in [-0.4, -0.2) is 0 Å². The Balaban J connectivity index is 2.46. The van der Waals surface area contributed by atoms with E-state index >= 15 is 0 Å². The summed E-state index contributed by atoms with van der Waals surface area (Å²) in [4.78, 5) is 2.69. The van der Waals surface area contributed by atoms with Crippen molar-refractivity contribution in [3.05, 3.63) is 64.5 Å². The molecule has 0 N–H and O–H groups in total. The van der Waals surface area contributed by atoms with Crippen LogP contribution in [0.2, 0.25) is 0 Å². The van der Waals surface area contributed by atoms with E-state index in [9.17, 15) is 13.2 Å². The number of alkyl halides is 3. The number of hydrogen-bond acceptors (Lipinski definition) is 1. The van der Waals surface area contributed by atoms with Gasteiger partial charge >= 0.3 is 6.18 Å². The van der Waals surface area contributed by atoms with E-state index in [0.717, 1.165) is 12.1 Å². The maximum absolute atomic E-state index is 12.5. The van der Waals surface area contributed by atoms with E-state index in [0.29, 0.717) is 16.8 Å². The lowest BCUT2D eigenvalue weighted by Gasteiger charge is -2.09. The molecule has 0 fully saturated rings. The third-order valence-electron chi connectivity index (χ3n) is 2.58. The second-order valence-electron chi connectivity index (χ2n) is 3.78. The van der Waals surface area contributed by atoms with Crippen LogP contribution in [0, 0.1) is 0 Å². The lowest BCUT2D eigenvalue weighted by molar-refractivity contribution is -0.137. The Morgan fingerprint density at radius 1 is 0.947 bits per heavy atom. The van der Waals surface area contributed by atoms with Crippen LogP contribution in [0.4, 0.5) is 18.9 Å². The predicted octanol–water partition coefficient (Wildman–Crippen LogP) is 5.31. The number of halogens is 3. The van der Waals surface area contributed by atoms with E-state index in [-0.39, 0.29) is 0 Å².